The molecule has 0 spiro atoms. The van der Waals surface area contributed by atoms with Gasteiger partial charge in [-0.2, -0.15) is 4.68 Å². The second-order valence-corrected chi connectivity index (χ2v) is 8.76. The summed E-state index contributed by atoms with van der Waals surface area (Å²) in [5.41, 5.74) is 5.88. The third-order valence-corrected chi connectivity index (χ3v) is 6.12. The highest BCUT2D eigenvalue weighted by Gasteiger charge is 2.32. The molecule has 0 saturated heterocycles. The number of amides is 1. The van der Waals surface area contributed by atoms with Crippen molar-refractivity contribution in [3.05, 3.63) is 101 Å². The number of ether oxygens (including phenoxy) is 1. The van der Waals surface area contributed by atoms with Crippen LogP contribution < -0.4 is 15.0 Å². The molecule has 0 aliphatic carbocycles. The van der Waals surface area contributed by atoms with Crippen LogP contribution in [-0.4, -0.2) is 39.3 Å². The van der Waals surface area contributed by atoms with Crippen LogP contribution in [0.1, 0.15) is 35.2 Å². The standard InChI is InChI=1S/C28H28N6O2/c1-4-36-26-8-6-5-7-23(26)29-27(35)18-33-24(21-13-9-19(2)10-14-21)17-25(34-28(33)30-31-32-34)22-15-11-20(3)12-16-22/h5-17,25H,4,18H2,1-3H3,(H,29,35). The number of hydrogen-bond donors (Lipinski definition) is 1. The van der Waals surface area contributed by atoms with Crippen molar-refractivity contribution in [3.8, 4) is 5.75 Å². The zero-order chi connectivity index (χ0) is 25.1. The average Bonchev–Trinajstić information content (AvgIpc) is 3.37. The maximum Gasteiger partial charge on any atom is 0.251 e. The number of fused-ring (bicyclic) bond motifs is 1. The van der Waals surface area contributed by atoms with Gasteiger partial charge in [0.15, 0.2) is 0 Å². The highest BCUT2D eigenvalue weighted by Crippen LogP contribution is 2.36. The van der Waals surface area contributed by atoms with Gasteiger partial charge in [0.1, 0.15) is 18.3 Å². The van der Waals surface area contributed by atoms with E-state index in [1.807, 2.05) is 36.1 Å². The number of tetrazole rings is 1. The summed E-state index contributed by atoms with van der Waals surface area (Å²) in [7, 11) is 0. The van der Waals surface area contributed by atoms with E-state index in [4.69, 9.17) is 4.74 Å². The molecular weight excluding hydrogens is 452 g/mol. The van der Waals surface area contributed by atoms with Crippen LogP contribution in [0.3, 0.4) is 0 Å². The molecule has 2 heterocycles. The minimum Gasteiger partial charge on any atom is -0.492 e. The SMILES string of the molecule is CCOc1ccccc1NC(=O)CN1C(c2ccc(C)cc2)=CC(c2ccc(C)cc2)n2nnnc21. The third-order valence-electron chi connectivity index (χ3n) is 6.12. The summed E-state index contributed by atoms with van der Waals surface area (Å²) in [5, 5.41) is 15.5. The van der Waals surface area contributed by atoms with E-state index < -0.39 is 0 Å². The molecule has 1 unspecified atom stereocenters. The van der Waals surface area contributed by atoms with Gasteiger partial charge in [-0.05, 0) is 60.5 Å². The molecule has 36 heavy (non-hydrogen) atoms. The van der Waals surface area contributed by atoms with Crippen molar-refractivity contribution in [1.82, 2.24) is 20.2 Å². The molecule has 4 aromatic rings. The Hall–Kier alpha value is -4.46. The summed E-state index contributed by atoms with van der Waals surface area (Å²) in [6.45, 7) is 6.56. The number of aromatic nitrogens is 4. The molecule has 1 aromatic heterocycles. The highest BCUT2D eigenvalue weighted by atomic mass is 16.5. The van der Waals surface area contributed by atoms with Crippen molar-refractivity contribution in [2.24, 2.45) is 0 Å². The lowest BCUT2D eigenvalue weighted by Crippen LogP contribution is -2.37. The Morgan fingerprint density at radius 3 is 2.39 bits per heavy atom. The predicted molar refractivity (Wildman–Crippen MR) is 140 cm³/mol. The van der Waals surface area contributed by atoms with Crippen LogP contribution in [-0.2, 0) is 4.79 Å². The lowest BCUT2D eigenvalue weighted by atomic mass is 9.99. The lowest BCUT2D eigenvalue weighted by molar-refractivity contribution is -0.114. The first-order chi connectivity index (χ1) is 17.5. The Labute approximate surface area is 210 Å². The number of aryl methyl sites for hydroxylation is 2. The van der Waals surface area contributed by atoms with E-state index in [2.05, 4.69) is 89.3 Å². The quantitative estimate of drug-likeness (QED) is 0.410. The zero-order valence-corrected chi connectivity index (χ0v) is 20.5. The normalized spacial score (nSPS) is 14.7. The molecule has 8 nitrogen and oxygen atoms in total. The fourth-order valence-electron chi connectivity index (χ4n) is 4.28. The maximum absolute atomic E-state index is 13.3. The topological polar surface area (TPSA) is 85.2 Å². The summed E-state index contributed by atoms with van der Waals surface area (Å²) in [5.74, 6) is 0.931. The summed E-state index contributed by atoms with van der Waals surface area (Å²) in [4.78, 5) is 15.1. The van der Waals surface area contributed by atoms with Crippen LogP contribution in [0.4, 0.5) is 11.6 Å². The van der Waals surface area contributed by atoms with E-state index in [1.54, 1.807) is 4.68 Å². The van der Waals surface area contributed by atoms with Crippen molar-refractivity contribution in [3.63, 3.8) is 0 Å². The number of benzene rings is 3. The zero-order valence-electron chi connectivity index (χ0n) is 20.5. The van der Waals surface area contributed by atoms with Crippen molar-refractivity contribution in [1.29, 1.82) is 0 Å². The minimum absolute atomic E-state index is 0.0289. The van der Waals surface area contributed by atoms with Crippen LogP contribution in [0, 0.1) is 13.8 Å². The molecule has 1 aliphatic rings. The maximum atomic E-state index is 13.3. The molecule has 0 radical (unpaired) electrons. The summed E-state index contributed by atoms with van der Waals surface area (Å²) in [6, 6.07) is 23.8. The summed E-state index contributed by atoms with van der Waals surface area (Å²) in [6.07, 6.45) is 2.11. The number of nitrogens with zero attached hydrogens (tertiary/aromatic N) is 5. The van der Waals surface area contributed by atoms with Crippen molar-refractivity contribution in [2.45, 2.75) is 26.8 Å². The number of rotatable bonds is 7. The van der Waals surface area contributed by atoms with Crippen molar-refractivity contribution < 1.29 is 9.53 Å². The van der Waals surface area contributed by atoms with Gasteiger partial charge in [-0.3, -0.25) is 9.69 Å². The Balaban J connectivity index is 1.52. The summed E-state index contributed by atoms with van der Waals surface area (Å²) >= 11 is 0. The minimum atomic E-state index is -0.205. The van der Waals surface area contributed by atoms with E-state index in [0.29, 0.717) is 24.0 Å². The highest BCUT2D eigenvalue weighted by molar-refractivity contribution is 5.98. The van der Waals surface area contributed by atoms with Crippen LogP contribution >= 0.6 is 0 Å². The Morgan fingerprint density at radius 2 is 1.67 bits per heavy atom. The second-order valence-electron chi connectivity index (χ2n) is 8.76. The van der Waals surface area contributed by atoms with Crippen molar-refractivity contribution in [2.75, 3.05) is 23.4 Å². The molecule has 8 heteroatoms. The number of carbonyl (C=O) groups excluding carboxylic acids is 1. The molecule has 1 amide bonds. The van der Waals surface area contributed by atoms with E-state index in [0.717, 1.165) is 22.4 Å². The van der Waals surface area contributed by atoms with E-state index >= 15 is 0 Å². The molecule has 5 rings (SSSR count). The van der Waals surface area contributed by atoms with Gasteiger partial charge in [-0.1, -0.05) is 76.9 Å². The number of carbonyl (C=O) groups is 1. The first kappa shape index (κ1) is 23.3. The third kappa shape index (κ3) is 4.70. The number of anilines is 2. The molecule has 1 atom stereocenters. The Morgan fingerprint density at radius 1 is 0.972 bits per heavy atom. The number of para-hydroxylation sites is 2. The lowest BCUT2D eigenvalue weighted by Gasteiger charge is -2.32. The fraction of sp³-hybridized carbons (Fsp3) is 0.214. The van der Waals surface area contributed by atoms with Gasteiger partial charge in [0.2, 0.25) is 5.91 Å². The Kier molecular flexibility index (Phi) is 6.49. The number of nitrogens with one attached hydrogen (secondary N) is 1. The Bertz CT molecular complexity index is 1390. The molecule has 0 fully saturated rings. The van der Waals surface area contributed by atoms with E-state index in [-0.39, 0.29) is 18.5 Å². The first-order valence-corrected chi connectivity index (χ1v) is 12.0. The van der Waals surface area contributed by atoms with Crippen LogP contribution in [0.5, 0.6) is 5.75 Å². The molecular formula is C28H28N6O2. The van der Waals surface area contributed by atoms with Crippen LogP contribution in [0.15, 0.2) is 78.9 Å². The van der Waals surface area contributed by atoms with E-state index in [1.165, 1.54) is 5.56 Å². The smallest absolute Gasteiger partial charge is 0.251 e. The largest absolute Gasteiger partial charge is 0.492 e. The molecule has 182 valence electrons. The van der Waals surface area contributed by atoms with Gasteiger partial charge < -0.3 is 10.1 Å². The van der Waals surface area contributed by atoms with Crippen LogP contribution in [0.2, 0.25) is 0 Å². The summed E-state index contributed by atoms with van der Waals surface area (Å²) < 4.78 is 7.42. The van der Waals surface area contributed by atoms with E-state index in [9.17, 15) is 4.79 Å². The average molecular weight is 481 g/mol. The number of hydrogen-bond acceptors (Lipinski definition) is 6. The van der Waals surface area contributed by atoms with Gasteiger partial charge in [-0.25, -0.2) is 0 Å². The molecule has 1 N–H and O–H groups in total. The molecule has 1 aliphatic heterocycles. The first-order valence-electron chi connectivity index (χ1n) is 12.0. The van der Waals surface area contributed by atoms with Crippen LogP contribution in [0.25, 0.3) is 5.70 Å². The fourth-order valence-corrected chi connectivity index (χ4v) is 4.28. The molecule has 0 bridgehead atoms. The molecule has 3 aromatic carbocycles. The monoisotopic (exact) mass is 480 g/mol. The molecule has 0 saturated carbocycles. The second kappa shape index (κ2) is 10.0. The van der Waals surface area contributed by atoms with Gasteiger partial charge in [0.05, 0.1) is 18.0 Å². The van der Waals surface area contributed by atoms with Gasteiger partial charge in [-0.15, -0.1) is 0 Å². The van der Waals surface area contributed by atoms with Crippen molar-refractivity contribution >= 4 is 23.2 Å². The van der Waals surface area contributed by atoms with Gasteiger partial charge in [0.25, 0.3) is 5.95 Å². The predicted octanol–water partition coefficient (Wildman–Crippen LogP) is 4.78. The van der Waals surface area contributed by atoms with Gasteiger partial charge >= 0.3 is 0 Å². The van der Waals surface area contributed by atoms with Gasteiger partial charge in [0, 0.05) is 0 Å². The number of allylic oxidation sites excluding steroid dienone is 1.